The number of allylic oxidation sites excluding steroid dienone is 3. The van der Waals surface area contributed by atoms with Crippen LogP contribution in [-0.2, 0) is 14.3 Å². The molecule has 0 aromatic rings. The molecule has 5 aliphatic rings. The lowest BCUT2D eigenvalue weighted by atomic mass is 9.35. The summed E-state index contributed by atoms with van der Waals surface area (Å²) in [6.07, 6.45) is 13.5. The number of carboxylic acid groups (broad SMARTS) is 1. The van der Waals surface area contributed by atoms with Gasteiger partial charge in [-0.25, -0.2) is 0 Å². The summed E-state index contributed by atoms with van der Waals surface area (Å²) in [4.78, 5) is 24.7. The molecular weight excluding hydrogens is 448 g/mol. The molecule has 0 heterocycles. The molecule has 5 rings (SSSR count). The van der Waals surface area contributed by atoms with Crippen molar-refractivity contribution in [1.82, 2.24) is 0 Å². The van der Waals surface area contributed by atoms with Crippen molar-refractivity contribution in [1.29, 1.82) is 0 Å². The van der Waals surface area contributed by atoms with Gasteiger partial charge < -0.3 is 9.84 Å². The van der Waals surface area contributed by atoms with Gasteiger partial charge in [0.2, 0.25) is 0 Å². The third-order valence-electron chi connectivity index (χ3n) is 12.7. The number of carbonyl (C=O) groups excluding carboxylic acids is 1. The summed E-state index contributed by atoms with van der Waals surface area (Å²) in [6.45, 7) is 18.3. The highest BCUT2D eigenvalue weighted by Crippen LogP contribution is 2.74. The number of ether oxygens (including phenoxy) is 1. The van der Waals surface area contributed by atoms with E-state index in [0.717, 1.165) is 57.8 Å². The number of esters is 1. The Hall–Kier alpha value is -1.58. The molecule has 0 radical (unpaired) electrons. The van der Waals surface area contributed by atoms with Gasteiger partial charge in [0, 0.05) is 12.3 Å². The van der Waals surface area contributed by atoms with E-state index in [0.29, 0.717) is 11.8 Å². The second kappa shape index (κ2) is 7.73. The predicted molar refractivity (Wildman–Crippen MR) is 142 cm³/mol. The molecule has 3 fully saturated rings. The van der Waals surface area contributed by atoms with Crippen molar-refractivity contribution in [2.45, 2.75) is 119 Å². The molecule has 0 aromatic carbocycles. The van der Waals surface area contributed by atoms with E-state index in [-0.39, 0.29) is 39.1 Å². The van der Waals surface area contributed by atoms with E-state index in [2.05, 4.69) is 60.6 Å². The van der Waals surface area contributed by atoms with Crippen molar-refractivity contribution < 1.29 is 19.4 Å². The summed E-state index contributed by atoms with van der Waals surface area (Å²) >= 11 is 0. The smallest absolute Gasteiger partial charge is 0.313 e. The highest BCUT2D eigenvalue weighted by molar-refractivity contribution is 5.80. The molecule has 0 aromatic heterocycles. The van der Waals surface area contributed by atoms with Crippen LogP contribution in [0.15, 0.2) is 23.3 Å². The maximum Gasteiger partial charge on any atom is 0.313 e. The number of carboxylic acids is 1. The zero-order chi connectivity index (χ0) is 26.5. The Morgan fingerprint density at radius 3 is 2.22 bits per heavy atom. The zero-order valence-corrected chi connectivity index (χ0v) is 23.9. The average molecular weight is 497 g/mol. The van der Waals surface area contributed by atoms with Crippen LogP contribution in [0.2, 0.25) is 0 Å². The molecule has 4 nitrogen and oxygen atoms in total. The number of fused-ring (bicyclic) bond motifs is 6. The maximum atomic E-state index is 12.8. The van der Waals surface area contributed by atoms with Crippen molar-refractivity contribution >= 4 is 11.9 Å². The highest BCUT2D eigenvalue weighted by Gasteiger charge is 2.67. The summed E-state index contributed by atoms with van der Waals surface area (Å²) in [5.41, 5.74) is 2.21. The van der Waals surface area contributed by atoms with Crippen LogP contribution in [0.25, 0.3) is 0 Å². The minimum absolute atomic E-state index is 0.0149. The highest BCUT2D eigenvalue weighted by atomic mass is 16.5. The van der Waals surface area contributed by atoms with Crippen molar-refractivity contribution in [2.75, 3.05) is 0 Å². The lowest BCUT2D eigenvalue weighted by Gasteiger charge is -2.69. The molecule has 36 heavy (non-hydrogen) atoms. The Kier molecular flexibility index (Phi) is 5.59. The van der Waals surface area contributed by atoms with Crippen LogP contribution in [0.4, 0.5) is 0 Å². The fourth-order valence-electron chi connectivity index (χ4n) is 10.3. The molecule has 3 saturated carbocycles. The van der Waals surface area contributed by atoms with E-state index in [1.54, 1.807) is 0 Å². The van der Waals surface area contributed by atoms with Crippen molar-refractivity contribution in [3.05, 3.63) is 23.3 Å². The largest absolute Gasteiger partial charge is 0.481 e. The van der Waals surface area contributed by atoms with E-state index < -0.39 is 11.4 Å². The van der Waals surface area contributed by atoms with Crippen LogP contribution in [0, 0.1) is 44.3 Å². The lowest BCUT2D eigenvalue weighted by Crippen LogP contribution is -2.63. The Morgan fingerprint density at radius 2 is 1.58 bits per heavy atom. The van der Waals surface area contributed by atoms with E-state index in [1.165, 1.54) is 18.1 Å². The third-order valence-corrected chi connectivity index (χ3v) is 12.7. The first-order valence-corrected chi connectivity index (χ1v) is 14.4. The SMILES string of the molecule is CC(=O)OC1CCC2(C)C(CCC3(C)C2C=CC2=C4CC(C)(C)CCC4(C(=O)O)CCC23C)C1(C)C. The van der Waals surface area contributed by atoms with Gasteiger partial charge in [-0.15, -0.1) is 0 Å². The molecule has 0 spiro atoms. The van der Waals surface area contributed by atoms with Gasteiger partial charge >= 0.3 is 11.9 Å². The fraction of sp³-hybridized carbons (Fsp3) is 0.812. The van der Waals surface area contributed by atoms with Crippen LogP contribution in [-0.4, -0.2) is 23.1 Å². The van der Waals surface area contributed by atoms with Gasteiger partial charge in [0.1, 0.15) is 6.10 Å². The summed E-state index contributed by atoms with van der Waals surface area (Å²) < 4.78 is 5.86. The van der Waals surface area contributed by atoms with E-state index in [9.17, 15) is 14.7 Å². The molecule has 0 bridgehead atoms. The van der Waals surface area contributed by atoms with Crippen LogP contribution in [0.5, 0.6) is 0 Å². The first kappa shape index (κ1) is 26.0. The quantitative estimate of drug-likeness (QED) is 0.397. The Labute approximate surface area is 218 Å². The summed E-state index contributed by atoms with van der Waals surface area (Å²) in [6, 6.07) is 0. The molecule has 4 heteroatoms. The molecule has 200 valence electrons. The number of hydrogen-bond donors (Lipinski definition) is 1. The average Bonchev–Trinajstić information content (AvgIpc) is 2.75. The number of aliphatic carboxylic acids is 1. The first-order chi connectivity index (χ1) is 16.5. The second-order valence-corrected chi connectivity index (χ2v) is 15.3. The summed E-state index contributed by atoms with van der Waals surface area (Å²) in [5, 5.41) is 10.5. The van der Waals surface area contributed by atoms with Crippen LogP contribution < -0.4 is 0 Å². The molecule has 0 amide bonds. The molecular formula is C32H48O4. The zero-order valence-electron chi connectivity index (χ0n) is 23.9. The number of rotatable bonds is 2. The summed E-state index contributed by atoms with van der Waals surface area (Å²) in [7, 11) is 0. The topological polar surface area (TPSA) is 63.6 Å². The molecule has 7 unspecified atom stereocenters. The van der Waals surface area contributed by atoms with Crippen molar-refractivity contribution in [3.8, 4) is 0 Å². The molecule has 1 N–H and O–H groups in total. The van der Waals surface area contributed by atoms with Crippen LogP contribution >= 0.6 is 0 Å². The van der Waals surface area contributed by atoms with E-state index in [1.807, 2.05) is 0 Å². The van der Waals surface area contributed by atoms with Gasteiger partial charge in [-0.1, -0.05) is 60.6 Å². The van der Waals surface area contributed by atoms with Gasteiger partial charge in [0.05, 0.1) is 5.41 Å². The van der Waals surface area contributed by atoms with E-state index >= 15 is 0 Å². The minimum atomic E-state index is -0.677. The summed E-state index contributed by atoms with van der Waals surface area (Å²) in [5.74, 6) is 0.145. The Morgan fingerprint density at radius 1 is 0.917 bits per heavy atom. The van der Waals surface area contributed by atoms with Gasteiger partial charge in [-0.2, -0.15) is 0 Å². The number of carbonyl (C=O) groups is 2. The maximum absolute atomic E-state index is 12.8. The Bertz CT molecular complexity index is 1050. The van der Waals surface area contributed by atoms with Gasteiger partial charge in [0.15, 0.2) is 0 Å². The minimum Gasteiger partial charge on any atom is -0.481 e. The fourth-order valence-corrected chi connectivity index (χ4v) is 10.3. The van der Waals surface area contributed by atoms with Gasteiger partial charge in [-0.05, 0) is 102 Å². The number of hydrogen-bond acceptors (Lipinski definition) is 3. The molecule has 0 aliphatic heterocycles. The second-order valence-electron chi connectivity index (χ2n) is 15.3. The lowest BCUT2D eigenvalue weighted by molar-refractivity contribution is -0.198. The van der Waals surface area contributed by atoms with E-state index in [4.69, 9.17) is 4.74 Å². The molecule has 5 aliphatic carbocycles. The first-order valence-electron chi connectivity index (χ1n) is 14.4. The third kappa shape index (κ3) is 3.24. The Balaban J connectivity index is 1.62. The van der Waals surface area contributed by atoms with Gasteiger partial charge in [-0.3, -0.25) is 9.59 Å². The molecule has 0 saturated heterocycles. The molecule has 7 atom stereocenters. The van der Waals surface area contributed by atoms with Crippen molar-refractivity contribution in [2.24, 2.45) is 44.3 Å². The monoisotopic (exact) mass is 496 g/mol. The standard InChI is InChI=1S/C32H48O4/c1-20(33)36-25-12-13-29(6)23(28(25,4)5)11-14-31(8)24(29)10-9-21-22-19-27(2,3)15-17-32(22,26(34)35)18-16-30(21,31)7/h9-10,23-25H,11-19H2,1-8H3,(H,34,35). The van der Waals surface area contributed by atoms with Crippen molar-refractivity contribution in [3.63, 3.8) is 0 Å². The van der Waals surface area contributed by atoms with Crippen LogP contribution in [0.3, 0.4) is 0 Å². The normalized spacial score (nSPS) is 46.6. The van der Waals surface area contributed by atoms with Crippen LogP contribution in [0.1, 0.15) is 113 Å². The van der Waals surface area contributed by atoms with Gasteiger partial charge in [0.25, 0.3) is 0 Å². The predicted octanol–water partition coefficient (Wildman–Crippen LogP) is 7.72.